The van der Waals surface area contributed by atoms with Crippen LogP contribution in [0.3, 0.4) is 0 Å². The topological polar surface area (TPSA) is 60.7 Å². The van der Waals surface area contributed by atoms with E-state index >= 15 is 0 Å². The Labute approximate surface area is 126 Å². The highest BCUT2D eigenvalue weighted by Gasteiger charge is 2.11. The van der Waals surface area contributed by atoms with Crippen LogP contribution in [0.4, 0.5) is 0 Å². The van der Waals surface area contributed by atoms with Gasteiger partial charge >= 0.3 is 5.97 Å². The van der Waals surface area contributed by atoms with Crippen molar-refractivity contribution in [2.45, 2.75) is 33.2 Å². The molecule has 2 rings (SSSR count). The number of aryl methyl sites for hydroxylation is 1. The van der Waals surface area contributed by atoms with Crippen LogP contribution in [-0.4, -0.2) is 23.6 Å². The van der Waals surface area contributed by atoms with E-state index in [9.17, 15) is 9.59 Å². The average Bonchev–Trinajstić information content (AvgIpc) is 2.83. The molecule has 6 heteroatoms. The van der Waals surface area contributed by atoms with Gasteiger partial charge in [0.15, 0.2) is 4.80 Å². The first-order valence-corrected chi connectivity index (χ1v) is 7.67. The summed E-state index contributed by atoms with van der Waals surface area (Å²) in [5, 5.41) is 0. The molecule has 1 amide bonds. The van der Waals surface area contributed by atoms with Crippen LogP contribution in [0, 0.1) is 0 Å². The van der Waals surface area contributed by atoms with E-state index in [2.05, 4.69) is 18.0 Å². The number of hydrogen-bond donors (Lipinski definition) is 0. The number of nitrogens with zero attached hydrogens (tertiary/aromatic N) is 2. The monoisotopic (exact) mass is 306 g/mol. The molecule has 1 heterocycles. The number of amides is 1. The van der Waals surface area contributed by atoms with Gasteiger partial charge in [-0.15, -0.1) is 0 Å². The first-order chi connectivity index (χ1) is 10.1. The molecule has 0 atom stereocenters. The van der Waals surface area contributed by atoms with Crippen molar-refractivity contribution in [2.24, 2.45) is 4.99 Å². The number of carbonyl (C=O) groups is 2. The number of benzene rings is 1. The second-order valence-electron chi connectivity index (χ2n) is 4.56. The predicted octanol–water partition coefficient (Wildman–Crippen LogP) is 2.28. The Morgan fingerprint density at radius 1 is 1.33 bits per heavy atom. The van der Waals surface area contributed by atoms with Gasteiger partial charge in [0.05, 0.1) is 17.3 Å². The van der Waals surface area contributed by atoms with Gasteiger partial charge in [0.1, 0.15) is 6.54 Å². The average molecular weight is 306 g/mol. The standard InChI is InChI=1S/C15H18N2O3S/c1-4-10-6-7-11-12(8-10)21-15(16-13(18)5-2)17(11)9-14(19)20-3/h6-8H,4-5,9H2,1-3H3. The minimum absolute atomic E-state index is 0.0534. The summed E-state index contributed by atoms with van der Waals surface area (Å²) >= 11 is 1.42. The van der Waals surface area contributed by atoms with Gasteiger partial charge in [-0.3, -0.25) is 9.59 Å². The van der Waals surface area contributed by atoms with Gasteiger partial charge in [-0.05, 0) is 24.1 Å². The Morgan fingerprint density at radius 2 is 2.10 bits per heavy atom. The third-order valence-corrected chi connectivity index (χ3v) is 4.23. The van der Waals surface area contributed by atoms with Crippen molar-refractivity contribution in [3.63, 3.8) is 0 Å². The number of thiazole rings is 1. The summed E-state index contributed by atoms with van der Waals surface area (Å²) in [6.07, 6.45) is 1.28. The fraction of sp³-hybridized carbons (Fsp3) is 0.400. The lowest BCUT2D eigenvalue weighted by Crippen LogP contribution is -2.22. The molecule has 112 valence electrons. The Hall–Kier alpha value is -1.95. The molecular weight excluding hydrogens is 288 g/mol. The van der Waals surface area contributed by atoms with Gasteiger partial charge in [-0.2, -0.15) is 4.99 Å². The van der Waals surface area contributed by atoms with Crippen LogP contribution in [0.25, 0.3) is 10.2 Å². The number of methoxy groups -OCH3 is 1. The second kappa shape index (κ2) is 6.67. The summed E-state index contributed by atoms with van der Waals surface area (Å²) in [5.41, 5.74) is 2.10. The van der Waals surface area contributed by atoms with E-state index in [-0.39, 0.29) is 18.4 Å². The van der Waals surface area contributed by atoms with Crippen LogP contribution in [0.1, 0.15) is 25.8 Å². The van der Waals surface area contributed by atoms with Crippen LogP contribution < -0.4 is 4.80 Å². The van der Waals surface area contributed by atoms with Gasteiger partial charge in [0, 0.05) is 6.42 Å². The zero-order chi connectivity index (χ0) is 15.4. The van der Waals surface area contributed by atoms with Crippen LogP contribution in [0.2, 0.25) is 0 Å². The van der Waals surface area contributed by atoms with Crippen LogP contribution >= 0.6 is 11.3 Å². The maximum Gasteiger partial charge on any atom is 0.325 e. The molecule has 2 aromatic rings. The Morgan fingerprint density at radius 3 is 2.71 bits per heavy atom. The van der Waals surface area contributed by atoms with Gasteiger partial charge in [-0.1, -0.05) is 31.3 Å². The highest BCUT2D eigenvalue weighted by atomic mass is 32.1. The molecule has 0 aliphatic heterocycles. The SMILES string of the molecule is CCC(=O)N=c1sc2cc(CC)ccc2n1CC(=O)OC. The third kappa shape index (κ3) is 3.39. The molecule has 21 heavy (non-hydrogen) atoms. The number of ether oxygens (including phenoxy) is 1. The zero-order valence-corrected chi connectivity index (χ0v) is 13.2. The second-order valence-corrected chi connectivity index (χ2v) is 5.57. The van der Waals surface area contributed by atoms with Crippen molar-refractivity contribution in [1.82, 2.24) is 4.57 Å². The van der Waals surface area contributed by atoms with Gasteiger partial charge in [0.25, 0.3) is 0 Å². The first-order valence-electron chi connectivity index (χ1n) is 6.85. The fourth-order valence-corrected chi connectivity index (χ4v) is 3.07. The molecule has 1 aromatic carbocycles. The molecule has 0 aliphatic rings. The summed E-state index contributed by atoms with van der Waals surface area (Å²) in [5.74, 6) is -0.560. The zero-order valence-electron chi connectivity index (χ0n) is 12.4. The maximum atomic E-state index is 11.6. The molecule has 0 unspecified atom stereocenters. The van der Waals surface area contributed by atoms with Crippen LogP contribution in [0.5, 0.6) is 0 Å². The van der Waals surface area contributed by atoms with E-state index in [1.54, 1.807) is 11.5 Å². The molecular formula is C15H18N2O3S. The van der Waals surface area contributed by atoms with Gasteiger partial charge in [0.2, 0.25) is 5.91 Å². The van der Waals surface area contributed by atoms with E-state index in [1.807, 2.05) is 12.1 Å². The molecule has 5 nitrogen and oxygen atoms in total. The predicted molar refractivity (Wildman–Crippen MR) is 82.1 cm³/mol. The van der Waals surface area contributed by atoms with Crippen LogP contribution in [-0.2, 0) is 27.3 Å². The molecule has 0 radical (unpaired) electrons. The van der Waals surface area contributed by atoms with Crippen molar-refractivity contribution in [3.05, 3.63) is 28.6 Å². The summed E-state index contributed by atoms with van der Waals surface area (Å²) in [6.45, 7) is 3.90. The molecule has 1 aromatic heterocycles. The van der Waals surface area contributed by atoms with Crippen molar-refractivity contribution in [2.75, 3.05) is 7.11 Å². The summed E-state index contributed by atoms with van der Waals surface area (Å²) in [7, 11) is 1.35. The number of aromatic nitrogens is 1. The van der Waals surface area contributed by atoms with Crippen molar-refractivity contribution < 1.29 is 14.3 Å². The number of esters is 1. The van der Waals surface area contributed by atoms with Crippen molar-refractivity contribution >= 4 is 33.4 Å². The number of rotatable bonds is 4. The number of hydrogen-bond acceptors (Lipinski definition) is 4. The quantitative estimate of drug-likeness (QED) is 0.814. The van der Waals surface area contributed by atoms with Gasteiger partial charge in [-0.25, -0.2) is 0 Å². The first kappa shape index (κ1) is 15.4. The fourth-order valence-electron chi connectivity index (χ4n) is 1.96. The molecule has 0 aliphatic carbocycles. The normalized spacial score (nSPS) is 11.9. The van der Waals surface area contributed by atoms with E-state index in [1.165, 1.54) is 24.0 Å². The lowest BCUT2D eigenvalue weighted by atomic mass is 10.2. The van der Waals surface area contributed by atoms with E-state index in [0.29, 0.717) is 11.2 Å². The summed E-state index contributed by atoms with van der Waals surface area (Å²) in [4.78, 5) is 27.8. The Balaban J connectivity index is 2.64. The molecule has 0 spiro atoms. The Bertz CT molecular complexity index is 743. The molecule has 0 fully saturated rings. The minimum Gasteiger partial charge on any atom is -0.468 e. The largest absolute Gasteiger partial charge is 0.468 e. The molecule has 0 saturated heterocycles. The maximum absolute atomic E-state index is 11.6. The smallest absolute Gasteiger partial charge is 0.325 e. The van der Waals surface area contributed by atoms with Crippen LogP contribution in [0.15, 0.2) is 23.2 Å². The van der Waals surface area contributed by atoms with Crippen molar-refractivity contribution in [3.8, 4) is 0 Å². The minimum atomic E-state index is -0.361. The van der Waals surface area contributed by atoms with E-state index in [0.717, 1.165) is 16.6 Å². The highest BCUT2D eigenvalue weighted by Crippen LogP contribution is 2.19. The van der Waals surface area contributed by atoms with Crippen molar-refractivity contribution in [1.29, 1.82) is 0 Å². The summed E-state index contributed by atoms with van der Waals surface area (Å²) < 4.78 is 7.47. The van der Waals surface area contributed by atoms with E-state index < -0.39 is 0 Å². The number of carbonyl (C=O) groups excluding carboxylic acids is 2. The Kier molecular flexibility index (Phi) is 4.90. The van der Waals surface area contributed by atoms with E-state index in [4.69, 9.17) is 4.74 Å². The molecule has 0 saturated carbocycles. The molecule has 0 bridgehead atoms. The lowest BCUT2D eigenvalue weighted by molar-refractivity contribution is -0.141. The lowest BCUT2D eigenvalue weighted by Gasteiger charge is -2.04. The summed E-state index contributed by atoms with van der Waals surface area (Å²) in [6, 6.07) is 6.06. The third-order valence-electron chi connectivity index (χ3n) is 3.19. The number of fused-ring (bicyclic) bond motifs is 1. The highest BCUT2D eigenvalue weighted by molar-refractivity contribution is 7.16. The van der Waals surface area contributed by atoms with Gasteiger partial charge < -0.3 is 9.30 Å². The molecule has 0 N–H and O–H groups in total.